The number of esters is 1. The van der Waals surface area contributed by atoms with Crippen LogP contribution < -0.4 is 0 Å². The van der Waals surface area contributed by atoms with Crippen LogP contribution in [0, 0.1) is 0 Å². The van der Waals surface area contributed by atoms with Gasteiger partial charge in [-0.1, -0.05) is 25.6 Å². The first kappa shape index (κ1) is 15.4. The molecule has 1 aromatic rings. The second kappa shape index (κ2) is 6.51. The monoisotopic (exact) mass is 278 g/mol. The predicted molar refractivity (Wildman–Crippen MR) is 69.7 cm³/mol. The molecule has 106 valence electrons. The standard InChI is InChI=1S/C14H14O6/c1-3-10(20-11(15)4-2)8-6-5-7-9(13(16)17)12(8)14(18)19/h4-7,10H,2-3H2,1H3,(H,16,17)(H,18,19). The molecule has 0 fully saturated rings. The summed E-state index contributed by atoms with van der Waals surface area (Å²) in [4.78, 5) is 33.6. The van der Waals surface area contributed by atoms with Gasteiger partial charge in [0.05, 0.1) is 11.1 Å². The average Bonchev–Trinajstić information content (AvgIpc) is 2.43. The van der Waals surface area contributed by atoms with Crippen LogP contribution >= 0.6 is 0 Å². The molecular weight excluding hydrogens is 264 g/mol. The van der Waals surface area contributed by atoms with Gasteiger partial charge in [0, 0.05) is 11.6 Å². The Hall–Kier alpha value is -2.63. The van der Waals surface area contributed by atoms with Gasteiger partial charge in [0.1, 0.15) is 6.10 Å². The first-order valence-electron chi connectivity index (χ1n) is 5.84. The fourth-order valence-corrected chi connectivity index (χ4v) is 1.81. The van der Waals surface area contributed by atoms with E-state index in [1.54, 1.807) is 6.92 Å². The number of carboxylic acid groups (broad SMARTS) is 2. The van der Waals surface area contributed by atoms with Gasteiger partial charge in [-0.05, 0) is 12.5 Å². The van der Waals surface area contributed by atoms with Crippen molar-refractivity contribution in [3.8, 4) is 0 Å². The van der Waals surface area contributed by atoms with E-state index in [9.17, 15) is 19.5 Å². The van der Waals surface area contributed by atoms with Crippen molar-refractivity contribution in [3.05, 3.63) is 47.5 Å². The fourth-order valence-electron chi connectivity index (χ4n) is 1.81. The van der Waals surface area contributed by atoms with Crippen LogP contribution in [0.15, 0.2) is 30.9 Å². The third-order valence-electron chi connectivity index (χ3n) is 2.68. The van der Waals surface area contributed by atoms with E-state index in [1.807, 2.05) is 0 Å². The molecule has 2 N–H and O–H groups in total. The van der Waals surface area contributed by atoms with Crippen LogP contribution in [0.4, 0.5) is 0 Å². The molecule has 0 aliphatic carbocycles. The lowest BCUT2D eigenvalue weighted by molar-refractivity contribution is -0.143. The Labute approximate surface area is 115 Å². The Morgan fingerprint density at radius 3 is 2.40 bits per heavy atom. The van der Waals surface area contributed by atoms with Crippen LogP contribution in [0.25, 0.3) is 0 Å². The predicted octanol–water partition coefficient (Wildman–Crippen LogP) is 2.26. The molecule has 0 heterocycles. The summed E-state index contributed by atoms with van der Waals surface area (Å²) >= 11 is 0. The van der Waals surface area contributed by atoms with E-state index in [-0.39, 0.29) is 16.7 Å². The van der Waals surface area contributed by atoms with Crippen molar-refractivity contribution in [1.29, 1.82) is 0 Å². The van der Waals surface area contributed by atoms with Crippen molar-refractivity contribution >= 4 is 17.9 Å². The van der Waals surface area contributed by atoms with E-state index in [0.29, 0.717) is 6.42 Å². The van der Waals surface area contributed by atoms with Gasteiger partial charge in [0.15, 0.2) is 0 Å². The maximum absolute atomic E-state index is 11.3. The third-order valence-corrected chi connectivity index (χ3v) is 2.68. The maximum atomic E-state index is 11.3. The van der Waals surface area contributed by atoms with Gasteiger partial charge in [0.25, 0.3) is 0 Å². The molecular formula is C14H14O6. The molecule has 1 atom stereocenters. The molecule has 1 rings (SSSR count). The number of rotatable bonds is 6. The molecule has 1 aromatic carbocycles. The van der Waals surface area contributed by atoms with Crippen molar-refractivity contribution in [2.24, 2.45) is 0 Å². The molecule has 20 heavy (non-hydrogen) atoms. The number of aromatic carboxylic acids is 2. The van der Waals surface area contributed by atoms with Gasteiger partial charge in [-0.15, -0.1) is 0 Å². The minimum absolute atomic E-state index is 0.148. The average molecular weight is 278 g/mol. The quantitative estimate of drug-likeness (QED) is 0.611. The summed E-state index contributed by atoms with van der Waals surface area (Å²) in [7, 11) is 0. The summed E-state index contributed by atoms with van der Waals surface area (Å²) in [6.07, 6.45) is 0.429. The number of ether oxygens (including phenoxy) is 1. The Bertz CT molecular complexity index is 561. The highest BCUT2D eigenvalue weighted by atomic mass is 16.5. The molecule has 1 unspecified atom stereocenters. The minimum Gasteiger partial charge on any atom is -0.478 e. The Morgan fingerprint density at radius 1 is 1.30 bits per heavy atom. The number of benzene rings is 1. The lowest BCUT2D eigenvalue weighted by Crippen LogP contribution is -2.16. The van der Waals surface area contributed by atoms with Crippen LogP contribution in [0.3, 0.4) is 0 Å². The van der Waals surface area contributed by atoms with E-state index in [2.05, 4.69) is 6.58 Å². The summed E-state index contributed by atoms with van der Waals surface area (Å²) in [5.41, 5.74) is -0.568. The van der Waals surface area contributed by atoms with Gasteiger partial charge in [-0.3, -0.25) is 0 Å². The lowest BCUT2D eigenvalue weighted by Gasteiger charge is -2.18. The number of carbonyl (C=O) groups is 3. The normalized spacial score (nSPS) is 11.4. The van der Waals surface area contributed by atoms with Gasteiger partial charge in [0.2, 0.25) is 0 Å². The minimum atomic E-state index is -1.38. The molecule has 0 radical (unpaired) electrons. The van der Waals surface area contributed by atoms with E-state index in [4.69, 9.17) is 9.84 Å². The molecule has 0 aliphatic rings. The zero-order valence-corrected chi connectivity index (χ0v) is 10.8. The number of carboxylic acids is 2. The Kier molecular flexibility index (Phi) is 5.02. The van der Waals surface area contributed by atoms with Crippen molar-refractivity contribution < 1.29 is 29.3 Å². The molecule has 0 saturated heterocycles. The second-order valence-electron chi connectivity index (χ2n) is 3.92. The zero-order valence-electron chi connectivity index (χ0n) is 10.8. The first-order chi connectivity index (χ1) is 9.42. The zero-order chi connectivity index (χ0) is 15.3. The van der Waals surface area contributed by atoms with E-state index in [1.165, 1.54) is 18.2 Å². The number of hydrogen-bond donors (Lipinski definition) is 2. The summed E-state index contributed by atoms with van der Waals surface area (Å²) in [6.45, 7) is 4.95. The van der Waals surface area contributed by atoms with Gasteiger partial charge in [-0.25, -0.2) is 14.4 Å². The highest BCUT2D eigenvalue weighted by Crippen LogP contribution is 2.27. The Balaban J connectivity index is 3.38. The van der Waals surface area contributed by atoms with Crippen molar-refractivity contribution in [2.45, 2.75) is 19.4 Å². The van der Waals surface area contributed by atoms with Crippen LogP contribution in [-0.4, -0.2) is 28.1 Å². The maximum Gasteiger partial charge on any atom is 0.336 e. The molecule has 6 nitrogen and oxygen atoms in total. The molecule has 0 amide bonds. The van der Waals surface area contributed by atoms with Crippen LogP contribution in [0.2, 0.25) is 0 Å². The molecule has 0 aliphatic heterocycles. The third kappa shape index (κ3) is 3.23. The number of carbonyl (C=O) groups excluding carboxylic acids is 1. The van der Waals surface area contributed by atoms with E-state index >= 15 is 0 Å². The van der Waals surface area contributed by atoms with Crippen molar-refractivity contribution in [2.75, 3.05) is 0 Å². The molecule has 0 aromatic heterocycles. The van der Waals surface area contributed by atoms with Gasteiger partial charge in [-0.2, -0.15) is 0 Å². The van der Waals surface area contributed by atoms with Crippen LogP contribution in [0.5, 0.6) is 0 Å². The molecule has 0 bridgehead atoms. The fraction of sp³-hybridized carbons (Fsp3) is 0.214. The molecule has 6 heteroatoms. The van der Waals surface area contributed by atoms with Crippen LogP contribution in [-0.2, 0) is 9.53 Å². The smallest absolute Gasteiger partial charge is 0.336 e. The topological polar surface area (TPSA) is 101 Å². The number of hydrogen-bond acceptors (Lipinski definition) is 4. The second-order valence-corrected chi connectivity index (χ2v) is 3.92. The van der Waals surface area contributed by atoms with E-state index in [0.717, 1.165) is 6.08 Å². The summed E-state index contributed by atoms with van der Waals surface area (Å²) in [6, 6.07) is 4.04. The van der Waals surface area contributed by atoms with Gasteiger partial charge < -0.3 is 14.9 Å². The summed E-state index contributed by atoms with van der Waals surface area (Å²) < 4.78 is 5.05. The Morgan fingerprint density at radius 2 is 1.95 bits per heavy atom. The van der Waals surface area contributed by atoms with E-state index < -0.39 is 24.0 Å². The largest absolute Gasteiger partial charge is 0.478 e. The highest BCUT2D eigenvalue weighted by Gasteiger charge is 2.25. The van der Waals surface area contributed by atoms with Gasteiger partial charge >= 0.3 is 17.9 Å². The summed E-state index contributed by atoms with van der Waals surface area (Å²) in [5.74, 6) is -3.44. The SMILES string of the molecule is C=CC(=O)OC(CC)c1cccc(C(=O)O)c1C(=O)O. The first-order valence-corrected chi connectivity index (χ1v) is 5.84. The highest BCUT2D eigenvalue weighted by molar-refractivity contribution is 6.02. The summed E-state index contributed by atoms with van der Waals surface area (Å²) in [5, 5.41) is 18.2. The molecule has 0 spiro atoms. The van der Waals surface area contributed by atoms with Crippen molar-refractivity contribution in [3.63, 3.8) is 0 Å². The van der Waals surface area contributed by atoms with Crippen molar-refractivity contribution in [1.82, 2.24) is 0 Å². The lowest BCUT2D eigenvalue weighted by atomic mass is 9.96. The molecule has 0 saturated carbocycles. The van der Waals surface area contributed by atoms with Crippen LogP contribution in [0.1, 0.15) is 45.7 Å².